The van der Waals surface area contributed by atoms with Crippen molar-refractivity contribution in [3.05, 3.63) is 53.3 Å². The van der Waals surface area contributed by atoms with E-state index in [1.54, 1.807) is 14.0 Å². The Kier molecular flexibility index (Phi) is 6.77. The lowest BCUT2D eigenvalue weighted by Crippen LogP contribution is -2.62. The number of fused-ring (bicyclic) bond motifs is 1. The largest absolute Gasteiger partial charge is 0.354 e. The number of aromatic nitrogens is 2. The number of hydrogen-bond acceptors (Lipinski definition) is 4. The summed E-state index contributed by atoms with van der Waals surface area (Å²) < 4.78 is 1.47. The standard InChI is InChI=1S/C23H31N5O3/c1-16(2)10-12-25-22(31)23(3)15-28-19(21(30)27(23)4)14-18(26-28)20(29)24-13-11-17-8-6-5-7-9-17/h5-9,14,16H,10-13,15H2,1-4H3,(H,24,29)(H,25,31)/t23-/m0/s1. The Morgan fingerprint density at radius 3 is 2.55 bits per heavy atom. The summed E-state index contributed by atoms with van der Waals surface area (Å²) in [5.41, 5.74) is 0.536. The van der Waals surface area contributed by atoms with Crippen molar-refractivity contribution in [3.8, 4) is 0 Å². The molecule has 0 radical (unpaired) electrons. The molecule has 0 saturated carbocycles. The fraction of sp³-hybridized carbons (Fsp3) is 0.478. The number of rotatable bonds is 8. The van der Waals surface area contributed by atoms with Crippen LogP contribution in [0.3, 0.4) is 0 Å². The fourth-order valence-corrected chi connectivity index (χ4v) is 3.56. The van der Waals surface area contributed by atoms with Crippen molar-refractivity contribution in [2.45, 2.75) is 45.7 Å². The predicted molar refractivity (Wildman–Crippen MR) is 118 cm³/mol. The highest BCUT2D eigenvalue weighted by molar-refractivity contribution is 6.01. The van der Waals surface area contributed by atoms with Crippen molar-refractivity contribution in [3.63, 3.8) is 0 Å². The van der Waals surface area contributed by atoms with Gasteiger partial charge in [-0.1, -0.05) is 44.2 Å². The molecule has 8 nitrogen and oxygen atoms in total. The smallest absolute Gasteiger partial charge is 0.272 e. The molecule has 0 bridgehead atoms. The van der Waals surface area contributed by atoms with Gasteiger partial charge in [-0.3, -0.25) is 19.1 Å². The molecule has 31 heavy (non-hydrogen) atoms. The van der Waals surface area contributed by atoms with Crippen molar-refractivity contribution in [1.82, 2.24) is 25.3 Å². The summed E-state index contributed by atoms with van der Waals surface area (Å²) in [6.45, 7) is 7.11. The van der Waals surface area contributed by atoms with E-state index in [1.165, 1.54) is 15.6 Å². The number of nitrogens with one attached hydrogen (secondary N) is 2. The van der Waals surface area contributed by atoms with E-state index in [4.69, 9.17) is 0 Å². The monoisotopic (exact) mass is 425 g/mol. The van der Waals surface area contributed by atoms with Gasteiger partial charge in [0.15, 0.2) is 5.69 Å². The van der Waals surface area contributed by atoms with Crippen LogP contribution in [-0.4, -0.2) is 58.1 Å². The highest BCUT2D eigenvalue weighted by Crippen LogP contribution is 2.26. The minimum Gasteiger partial charge on any atom is -0.354 e. The van der Waals surface area contributed by atoms with Gasteiger partial charge in [-0.25, -0.2) is 0 Å². The van der Waals surface area contributed by atoms with Gasteiger partial charge in [-0.2, -0.15) is 5.10 Å². The van der Waals surface area contributed by atoms with Crippen molar-refractivity contribution in [2.75, 3.05) is 20.1 Å². The molecule has 1 aliphatic heterocycles. The molecular weight excluding hydrogens is 394 g/mol. The van der Waals surface area contributed by atoms with E-state index < -0.39 is 5.54 Å². The van der Waals surface area contributed by atoms with Crippen LogP contribution in [0.1, 0.15) is 53.7 Å². The second-order valence-corrected chi connectivity index (χ2v) is 8.64. The zero-order valence-corrected chi connectivity index (χ0v) is 18.6. The second kappa shape index (κ2) is 9.32. The van der Waals surface area contributed by atoms with Gasteiger partial charge in [0.1, 0.15) is 11.2 Å². The second-order valence-electron chi connectivity index (χ2n) is 8.64. The Hall–Kier alpha value is -3.16. The van der Waals surface area contributed by atoms with Crippen LogP contribution in [-0.2, 0) is 17.8 Å². The Bertz CT molecular complexity index is 953. The van der Waals surface area contributed by atoms with Gasteiger partial charge in [0.05, 0.1) is 6.54 Å². The third-order valence-corrected chi connectivity index (χ3v) is 5.77. The molecule has 0 saturated heterocycles. The summed E-state index contributed by atoms with van der Waals surface area (Å²) in [5, 5.41) is 10.1. The van der Waals surface area contributed by atoms with Gasteiger partial charge in [0, 0.05) is 26.2 Å². The average Bonchev–Trinajstić information content (AvgIpc) is 3.16. The summed E-state index contributed by atoms with van der Waals surface area (Å²) in [6, 6.07) is 11.4. The van der Waals surface area contributed by atoms with Crippen LogP contribution in [0.5, 0.6) is 0 Å². The first-order valence-corrected chi connectivity index (χ1v) is 10.7. The van der Waals surface area contributed by atoms with Crippen molar-refractivity contribution in [2.24, 2.45) is 5.92 Å². The highest BCUT2D eigenvalue weighted by atomic mass is 16.2. The maximum atomic E-state index is 12.9. The SMILES string of the molecule is CC(C)CCNC(=O)[C@]1(C)Cn2nc(C(=O)NCCc3ccccc3)cc2C(=O)N1C. The Labute approximate surface area is 183 Å². The topological polar surface area (TPSA) is 96.3 Å². The molecule has 0 aliphatic carbocycles. The number of nitrogens with zero attached hydrogens (tertiary/aromatic N) is 3. The zero-order valence-electron chi connectivity index (χ0n) is 18.6. The lowest BCUT2D eigenvalue weighted by atomic mass is 9.95. The van der Waals surface area contributed by atoms with Crippen LogP contribution < -0.4 is 10.6 Å². The van der Waals surface area contributed by atoms with Crippen LogP contribution >= 0.6 is 0 Å². The van der Waals surface area contributed by atoms with Crippen LogP contribution in [0.2, 0.25) is 0 Å². The Morgan fingerprint density at radius 1 is 1.16 bits per heavy atom. The van der Waals surface area contributed by atoms with E-state index in [0.717, 1.165) is 12.0 Å². The lowest BCUT2D eigenvalue weighted by molar-refractivity contribution is -0.132. The molecule has 0 spiro atoms. The number of hydrogen-bond donors (Lipinski definition) is 2. The molecule has 2 heterocycles. The minimum absolute atomic E-state index is 0.175. The van der Waals surface area contributed by atoms with E-state index in [-0.39, 0.29) is 30.0 Å². The molecule has 166 valence electrons. The van der Waals surface area contributed by atoms with Gasteiger partial charge in [-0.05, 0) is 31.2 Å². The zero-order chi connectivity index (χ0) is 22.6. The predicted octanol–water partition coefficient (Wildman–Crippen LogP) is 1.86. The molecule has 2 aromatic rings. The van der Waals surface area contributed by atoms with Crippen LogP contribution in [0.4, 0.5) is 0 Å². The van der Waals surface area contributed by atoms with Gasteiger partial charge < -0.3 is 15.5 Å². The first-order valence-electron chi connectivity index (χ1n) is 10.7. The quantitative estimate of drug-likeness (QED) is 0.675. The van der Waals surface area contributed by atoms with E-state index in [1.807, 2.05) is 30.3 Å². The first kappa shape index (κ1) is 22.5. The summed E-state index contributed by atoms with van der Waals surface area (Å²) in [6.07, 6.45) is 1.57. The summed E-state index contributed by atoms with van der Waals surface area (Å²) in [5.74, 6) is -0.418. The van der Waals surface area contributed by atoms with Crippen molar-refractivity contribution in [1.29, 1.82) is 0 Å². The van der Waals surface area contributed by atoms with E-state index in [9.17, 15) is 14.4 Å². The minimum atomic E-state index is -1.08. The maximum absolute atomic E-state index is 12.9. The van der Waals surface area contributed by atoms with Crippen molar-refractivity contribution >= 4 is 17.7 Å². The Morgan fingerprint density at radius 2 is 1.87 bits per heavy atom. The number of benzene rings is 1. The molecule has 0 fully saturated rings. The van der Waals surface area contributed by atoms with Gasteiger partial charge in [-0.15, -0.1) is 0 Å². The van der Waals surface area contributed by atoms with E-state index >= 15 is 0 Å². The third-order valence-electron chi connectivity index (χ3n) is 5.77. The highest BCUT2D eigenvalue weighted by Gasteiger charge is 2.46. The average molecular weight is 426 g/mol. The molecular formula is C23H31N5O3. The Balaban J connectivity index is 1.67. The van der Waals surface area contributed by atoms with Gasteiger partial charge in [0.25, 0.3) is 11.8 Å². The number of amides is 3. The number of carbonyl (C=O) groups excluding carboxylic acids is 3. The molecule has 3 rings (SSSR count). The van der Waals surface area contributed by atoms with Gasteiger partial charge >= 0.3 is 0 Å². The van der Waals surface area contributed by atoms with Crippen molar-refractivity contribution < 1.29 is 14.4 Å². The molecule has 1 atom stereocenters. The maximum Gasteiger partial charge on any atom is 0.272 e. The van der Waals surface area contributed by atoms with Gasteiger partial charge in [0.2, 0.25) is 5.91 Å². The summed E-state index contributed by atoms with van der Waals surface area (Å²) in [7, 11) is 1.61. The molecule has 1 aliphatic rings. The van der Waals surface area contributed by atoms with E-state index in [2.05, 4.69) is 29.6 Å². The number of carbonyl (C=O) groups is 3. The van der Waals surface area contributed by atoms with Crippen LogP contribution in [0.25, 0.3) is 0 Å². The molecule has 2 N–H and O–H groups in total. The third kappa shape index (κ3) is 4.95. The molecule has 0 unspecified atom stereocenters. The molecule has 8 heteroatoms. The molecule has 3 amide bonds. The summed E-state index contributed by atoms with van der Waals surface area (Å²) >= 11 is 0. The fourth-order valence-electron chi connectivity index (χ4n) is 3.56. The molecule has 1 aromatic carbocycles. The summed E-state index contributed by atoms with van der Waals surface area (Å²) in [4.78, 5) is 39.8. The molecule has 1 aromatic heterocycles. The van der Waals surface area contributed by atoms with Crippen LogP contribution in [0, 0.1) is 5.92 Å². The van der Waals surface area contributed by atoms with Crippen LogP contribution in [0.15, 0.2) is 36.4 Å². The van der Waals surface area contributed by atoms with E-state index in [0.29, 0.717) is 31.1 Å². The normalized spacial score (nSPS) is 18.1. The first-order chi connectivity index (χ1) is 14.7. The lowest BCUT2D eigenvalue weighted by Gasteiger charge is -2.40. The number of likely N-dealkylation sites (N-methyl/N-ethyl adjacent to an activating group) is 1.